The molecule has 0 bridgehead atoms. The highest BCUT2D eigenvalue weighted by Crippen LogP contribution is 2.29. The normalized spacial score (nSPS) is 14.3. The van der Waals surface area contributed by atoms with E-state index in [1.165, 1.54) is 25.5 Å². The number of carbonyl (C=O) groups is 1. The molecule has 0 amide bonds. The summed E-state index contributed by atoms with van der Waals surface area (Å²) in [5, 5.41) is 9.80. The minimum atomic E-state index is -0.491. The number of nitrogens with one attached hydrogen (secondary N) is 1. The average Bonchev–Trinajstić information content (AvgIpc) is 2.86. The molecule has 1 aromatic carbocycles. The van der Waals surface area contributed by atoms with Crippen molar-refractivity contribution < 1.29 is 19.5 Å². The Morgan fingerprint density at radius 1 is 1.16 bits per heavy atom. The number of aryl methyl sites for hydroxylation is 2. The molecule has 1 fully saturated rings. The summed E-state index contributed by atoms with van der Waals surface area (Å²) < 4.78 is 10.3. The van der Waals surface area contributed by atoms with Crippen LogP contribution in [0, 0.1) is 0 Å². The number of para-hydroxylation sites is 1. The number of ether oxygens (including phenoxy) is 2. The van der Waals surface area contributed by atoms with Crippen molar-refractivity contribution in [2.75, 3.05) is 45.3 Å². The van der Waals surface area contributed by atoms with Gasteiger partial charge in [-0.1, -0.05) is 32.0 Å². The maximum absolute atomic E-state index is 12.2. The molecule has 2 N–H and O–H groups in total. The van der Waals surface area contributed by atoms with Crippen molar-refractivity contribution >= 4 is 23.3 Å². The molecule has 3 rings (SSSR count). The zero-order chi connectivity index (χ0) is 23.1. The number of piperazine rings is 1. The third-order valence-corrected chi connectivity index (χ3v) is 5.60. The van der Waals surface area contributed by atoms with Gasteiger partial charge in [0.15, 0.2) is 0 Å². The number of pyridine rings is 1. The molecule has 9 nitrogen and oxygen atoms in total. The number of rotatable bonds is 6. The number of methoxy groups -OCH3 is 2. The topological polar surface area (TPSA) is 99.5 Å². The summed E-state index contributed by atoms with van der Waals surface area (Å²) in [6, 6.07) is 10.0. The van der Waals surface area contributed by atoms with Crippen molar-refractivity contribution in [3.8, 4) is 5.88 Å². The van der Waals surface area contributed by atoms with Gasteiger partial charge in [0.25, 0.3) is 0 Å². The molecule has 0 aliphatic carbocycles. The van der Waals surface area contributed by atoms with Crippen LogP contribution >= 0.6 is 0 Å². The molecule has 32 heavy (non-hydrogen) atoms. The van der Waals surface area contributed by atoms with Crippen molar-refractivity contribution in [3.05, 3.63) is 47.2 Å². The Morgan fingerprint density at radius 3 is 2.47 bits per heavy atom. The number of guanidine groups is 1. The molecule has 0 unspecified atom stereocenters. The van der Waals surface area contributed by atoms with Gasteiger partial charge in [0.2, 0.25) is 11.8 Å². The first-order valence-corrected chi connectivity index (χ1v) is 10.8. The molecule has 1 aromatic heterocycles. The minimum Gasteiger partial charge on any atom is -0.479 e. The highest BCUT2D eigenvalue weighted by atomic mass is 16.5. The lowest BCUT2D eigenvalue weighted by Gasteiger charge is -2.37. The summed E-state index contributed by atoms with van der Waals surface area (Å²) in [6.07, 6.45) is 1.52. The molecular formula is C23H31N5O4. The quantitative estimate of drug-likeness (QED) is 0.306. The van der Waals surface area contributed by atoms with E-state index in [4.69, 9.17) is 9.47 Å². The Kier molecular flexibility index (Phi) is 7.88. The van der Waals surface area contributed by atoms with Crippen molar-refractivity contribution in [1.29, 1.82) is 0 Å². The van der Waals surface area contributed by atoms with E-state index in [0.717, 1.165) is 19.5 Å². The highest BCUT2D eigenvalue weighted by molar-refractivity contribution is 5.92. The van der Waals surface area contributed by atoms with Gasteiger partial charge in [-0.15, -0.1) is 0 Å². The molecule has 0 spiro atoms. The fourth-order valence-electron chi connectivity index (χ4n) is 3.87. The molecular weight excluding hydrogens is 410 g/mol. The van der Waals surface area contributed by atoms with Crippen LogP contribution in [0.1, 0.15) is 35.5 Å². The van der Waals surface area contributed by atoms with E-state index < -0.39 is 5.97 Å². The third kappa shape index (κ3) is 4.94. The van der Waals surface area contributed by atoms with Crippen LogP contribution in [-0.2, 0) is 17.6 Å². The van der Waals surface area contributed by atoms with Gasteiger partial charge in [0.05, 0.1) is 25.5 Å². The van der Waals surface area contributed by atoms with Gasteiger partial charge in [-0.25, -0.2) is 20.3 Å². The predicted octanol–water partition coefficient (Wildman–Crippen LogP) is 2.79. The van der Waals surface area contributed by atoms with Gasteiger partial charge in [0, 0.05) is 31.9 Å². The van der Waals surface area contributed by atoms with Crippen LogP contribution in [0.5, 0.6) is 5.88 Å². The number of aliphatic imine (C=N–C) groups is 1. The van der Waals surface area contributed by atoms with Gasteiger partial charge >= 0.3 is 5.97 Å². The van der Waals surface area contributed by atoms with Crippen LogP contribution in [0.25, 0.3) is 0 Å². The standard InChI is InChI=1S/C23H31N5O4/c1-5-16-9-7-8-10-20(16)27-11-13-28(14-12-27)23(26-30)25-19-15-17(22(29)32-4)18(6-2)24-21(19)31-3/h7-10,15,30H,5-6,11-14H2,1-4H3,(H,25,26). The second kappa shape index (κ2) is 10.8. The van der Waals surface area contributed by atoms with Gasteiger partial charge in [-0.05, 0) is 30.5 Å². The first-order chi connectivity index (χ1) is 15.6. The molecule has 0 saturated carbocycles. The van der Waals surface area contributed by atoms with E-state index in [1.54, 1.807) is 6.07 Å². The van der Waals surface area contributed by atoms with Crippen LogP contribution in [-0.4, -0.2) is 67.4 Å². The minimum absolute atomic E-state index is 0.272. The molecule has 1 aliphatic rings. The zero-order valence-electron chi connectivity index (χ0n) is 19.1. The fraction of sp³-hybridized carbons (Fsp3) is 0.435. The van der Waals surface area contributed by atoms with E-state index in [9.17, 15) is 10.0 Å². The van der Waals surface area contributed by atoms with Crippen molar-refractivity contribution in [2.45, 2.75) is 26.7 Å². The average molecular weight is 442 g/mol. The molecule has 2 heterocycles. The molecule has 172 valence electrons. The first kappa shape index (κ1) is 23.3. The van der Waals surface area contributed by atoms with Gasteiger partial charge in [0.1, 0.15) is 5.69 Å². The molecule has 2 aromatic rings. The van der Waals surface area contributed by atoms with Crippen LogP contribution in [0.2, 0.25) is 0 Å². The second-order valence-corrected chi connectivity index (χ2v) is 7.36. The maximum Gasteiger partial charge on any atom is 0.339 e. The van der Waals surface area contributed by atoms with Crippen molar-refractivity contribution in [2.24, 2.45) is 4.99 Å². The Hall–Kier alpha value is -3.33. The number of hydrogen-bond acceptors (Lipinski definition) is 7. The highest BCUT2D eigenvalue weighted by Gasteiger charge is 2.23. The Balaban J connectivity index is 1.84. The lowest BCUT2D eigenvalue weighted by atomic mass is 10.1. The number of nitrogens with zero attached hydrogens (tertiary/aromatic N) is 4. The van der Waals surface area contributed by atoms with E-state index in [1.807, 2.05) is 11.8 Å². The van der Waals surface area contributed by atoms with E-state index >= 15 is 0 Å². The van der Waals surface area contributed by atoms with Gasteiger partial charge in [-0.3, -0.25) is 5.21 Å². The van der Waals surface area contributed by atoms with Gasteiger partial charge in [-0.2, -0.15) is 0 Å². The summed E-state index contributed by atoms with van der Waals surface area (Å²) in [4.78, 5) is 25.4. The third-order valence-electron chi connectivity index (χ3n) is 5.60. The van der Waals surface area contributed by atoms with Gasteiger partial charge < -0.3 is 19.3 Å². The summed E-state index contributed by atoms with van der Waals surface area (Å²) in [5.74, 6) is 0.0570. The number of hydrogen-bond donors (Lipinski definition) is 2. The molecule has 1 aliphatic heterocycles. The summed E-state index contributed by atoms with van der Waals surface area (Å²) in [5.41, 5.74) is 5.98. The molecule has 0 radical (unpaired) electrons. The molecule has 1 saturated heterocycles. The number of aromatic nitrogens is 1. The summed E-state index contributed by atoms with van der Waals surface area (Å²) in [6.45, 7) is 6.95. The van der Waals surface area contributed by atoms with Crippen molar-refractivity contribution in [3.63, 3.8) is 0 Å². The molecule has 0 atom stereocenters. The van der Waals surface area contributed by atoms with Crippen molar-refractivity contribution in [1.82, 2.24) is 15.4 Å². The van der Waals surface area contributed by atoms with E-state index in [2.05, 4.69) is 51.5 Å². The number of hydroxylamine groups is 1. The fourth-order valence-corrected chi connectivity index (χ4v) is 3.87. The zero-order valence-corrected chi connectivity index (χ0v) is 19.1. The first-order valence-electron chi connectivity index (χ1n) is 10.8. The lowest BCUT2D eigenvalue weighted by Crippen LogP contribution is -2.52. The largest absolute Gasteiger partial charge is 0.479 e. The van der Waals surface area contributed by atoms with E-state index in [-0.39, 0.29) is 11.8 Å². The maximum atomic E-state index is 12.2. The number of carbonyl (C=O) groups excluding carboxylic acids is 1. The van der Waals surface area contributed by atoms with E-state index in [0.29, 0.717) is 36.5 Å². The SMILES string of the molecule is CCc1ccccc1N1CCN(C(=Nc2cc(C(=O)OC)c(CC)nc2OC)NO)CC1. The van der Waals surface area contributed by atoms with Crippen LogP contribution < -0.4 is 15.1 Å². The molecule has 9 heteroatoms. The second-order valence-electron chi connectivity index (χ2n) is 7.36. The van der Waals surface area contributed by atoms with Crippen LogP contribution in [0.15, 0.2) is 35.3 Å². The Bertz CT molecular complexity index is 971. The van der Waals surface area contributed by atoms with Crippen LogP contribution in [0.4, 0.5) is 11.4 Å². The number of benzene rings is 1. The predicted molar refractivity (Wildman–Crippen MR) is 123 cm³/mol. The Morgan fingerprint density at radius 2 is 1.88 bits per heavy atom. The summed E-state index contributed by atoms with van der Waals surface area (Å²) >= 11 is 0. The summed E-state index contributed by atoms with van der Waals surface area (Å²) in [7, 11) is 2.82. The monoisotopic (exact) mass is 441 g/mol. The van der Waals surface area contributed by atoms with Crippen LogP contribution in [0.3, 0.4) is 0 Å². The number of esters is 1. The smallest absolute Gasteiger partial charge is 0.339 e. The lowest BCUT2D eigenvalue weighted by molar-refractivity contribution is 0.0599. The number of anilines is 1. The Labute approximate surface area is 188 Å².